The van der Waals surface area contributed by atoms with Crippen molar-refractivity contribution in [2.75, 3.05) is 13.1 Å². The maximum Gasteiger partial charge on any atom is 0.224 e. The zero-order chi connectivity index (χ0) is 37.4. The fraction of sp³-hybridized carbons (Fsp3) is 0.727. The highest BCUT2D eigenvalue weighted by Gasteiger charge is 2.56. The fourth-order valence-electron chi connectivity index (χ4n) is 11.9. The summed E-state index contributed by atoms with van der Waals surface area (Å²) in [6.07, 6.45) is 18.9. The second kappa shape index (κ2) is 13.3. The number of carbonyl (C=O) groups is 4. The van der Waals surface area contributed by atoms with Crippen LogP contribution in [0.5, 0.6) is 0 Å². The van der Waals surface area contributed by atoms with Crippen LogP contribution in [0.15, 0.2) is 46.6 Å². The summed E-state index contributed by atoms with van der Waals surface area (Å²) in [5.41, 5.74) is 6.76. The molecule has 0 radical (unpaired) electrons. The van der Waals surface area contributed by atoms with Crippen LogP contribution in [0.3, 0.4) is 0 Å². The third kappa shape index (κ3) is 6.74. The Kier molecular flexibility index (Phi) is 9.51. The van der Waals surface area contributed by atoms with Crippen LogP contribution in [-0.4, -0.2) is 57.3 Å². The SMILES string of the molecule is CC(C)(C)NC(=O)[C@H]1CC[C@H]2C3=C(CC[C@]12C)N1CCC(=O)C=C1CC3.CC(C)(C)NC(=O)[C@H]1CC[C@H]2C3CCC4=CC(=O)CCN4C3=CC[C@]12C. The fourth-order valence-corrected chi connectivity index (χ4v) is 11.9. The maximum atomic E-state index is 13.0. The van der Waals surface area contributed by atoms with Crippen molar-refractivity contribution in [1.82, 2.24) is 20.4 Å². The van der Waals surface area contributed by atoms with Crippen molar-refractivity contribution in [3.8, 4) is 0 Å². The van der Waals surface area contributed by atoms with Gasteiger partial charge in [-0.15, -0.1) is 0 Å². The van der Waals surface area contributed by atoms with Crippen molar-refractivity contribution >= 4 is 23.4 Å². The van der Waals surface area contributed by atoms with Crippen LogP contribution in [0.25, 0.3) is 0 Å². The lowest BCUT2D eigenvalue weighted by molar-refractivity contribution is -0.131. The van der Waals surface area contributed by atoms with E-state index in [0.29, 0.717) is 30.6 Å². The van der Waals surface area contributed by atoms with Crippen LogP contribution in [-0.2, 0) is 19.2 Å². The Bertz CT molecular complexity index is 1620. The Hall–Kier alpha value is -3.16. The highest BCUT2D eigenvalue weighted by atomic mass is 16.2. The van der Waals surface area contributed by atoms with Crippen LogP contribution < -0.4 is 10.6 Å². The van der Waals surface area contributed by atoms with Crippen molar-refractivity contribution < 1.29 is 19.2 Å². The molecule has 8 rings (SSSR count). The van der Waals surface area contributed by atoms with E-state index in [1.165, 1.54) is 22.8 Å². The van der Waals surface area contributed by atoms with Crippen LogP contribution in [0, 0.1) is 40.4 Å². The Morgan fingerprint density at radius 1 is 0.692 bits per heavy atom. The smallest absolute Gasteiger partial charge is 0.224 e. The third-order valence-electron chi connectivity index (χ3n) is 14.2. The van der Waals surface area contributed by atoms with Gasteiger partial charge in [0.15, 0.2) is 11.6 Å². The van der Waals surface area contributed by atoms with Gasteiger partial charge < -0.3 is 20.4 Å². The minimum atomic E-state index is -0.175. The first-order chi connectivity index (χ1) is 24.4. The van der Waals surface area contributed by atoms with Gasteiger partial charge in [-0.1, -0.05) is 19.9 Å². The van der Waals surface area contributed by atoms with Crippen molar-refractivity contribution in [2.24, 2.45) is 40.4 Å². The van der Waals surface area contributed by atoms with Gasteiger partial charge in [0.1, 0.15) is 0 Å². The summed E-state index contributed by atoms with van der Waals surface area (Å²) >= 11 is 0. The minimum absolute atomic E-state index is 0.0658. The van der Waals surface area contributed by atoms with E-state index in [2.05, 4.69) is 81.9 Å². The second-order valence-electron chi connectivity index (χ2n) is 19.9. The summed E-state index contributed by atoms with van der Waals surface area (Å²) in [6.45, 7) is 18.8. The van der Waals surface area contributed by atoms with E-state index in [-0.39, 0.29) is 57.1 Å². The van der Waals surface area contributed by atoms with Gasteiger partial charge in [0, 0.05) is 89.7 Å². The van der Waals surface area contributed by atoms with Gasteiger partial charge in [-0.2, -0.15) is 0 Å². The van der Waals surface area contributed by atoms with E-state index in [1.54, 1.807) is 5.57 Å². The van der Waals surface area contributed by atoms with Gasteiger partial charge in [-0.05, 0) is 140 Å². The highest BCUT2D eigenvalue weighted by molar-refractivity contribution is 5.92. The number of hydrogen-bond acceptors (Lipinski definition) is 6. The molecule has 2 saturated carbocycles. The van der Waals surface area contributed by atoms with Crippen LogP contribution in [0.4, 0.5) is 0 Å². The predicted octanol–water partition coefficient (Wildman–Crippen LogP) is 7.72. The zero-order valence-corrected chi connectivity index (χ0v) is 33.3. The molecule has 8 nitrogen and oxygen atoms in total. The molecule has 0 spiro atoms. The van der Waals surface area contributed by atoms with Gasteiger partial charge in [0.2, 0.25) is 11.8 Å². The summed E-state index contributed by atoms with van der Waals surface area (Å²) in [5.74, 6) is 2.93. The summed E-state index contributed by atoms with van der Waals surface area (Å²) in [5, 5.41) is 6.45. The molecule has 4 heterocycles. The molecule has 2 amide bonds. The first-order valence-electron chi connectivity index (χ1n) is 20.5. The standard InChI is InChI=1S/2C22H32N2O2/c2*1-21(2,3)23-20(26)18-8-7-17-16-6-5-14-13-15(25)10-12-24(14)19(16)9-11-22(17,18)4/h13,17-18H,5-12H2,1-4H3,(H,23,26);9,13,16-18H,5-8,10-12H2,1-4H3,(H,23,26)/t17-,18+,22-;16?,17-,18+,22-/m00/s1. The molecular weight excluding hydrogens is 649 g/mol. The molecule has 2 N–H and O–H groups in total. The number of amides is 2. The van der Waals surface area contributed by atoms with Gasteiger partial charge >= 0.3 is 0 Å². The van der Waals surface area contributed by atoms with Gasteiger partial charge in [0.05, 0.1) is 0 Å². The Labute approximate surface area is 312 Å². The Morgan fingerprint density at radius 3 is 1.90 bits per heavy atom. The van der Waals surface area contributed by atoms with Crippen molar-refractivity contribution in [3.63, 3.8) is 0 Å². The average Bonchev–Trinajstić information content (AvgIpc) is 3.60. The lowest BCUT2D eigenvalue weighted by Crippen LogP contribution is -2.50. The molecule has 1 saturated heterocycles. The molecule has 8 heteroatoms. The summed E-state index contributed by atoms with van der Waals surface area (Å²) in [6, 6.07) is 0. The number of nitrogens with one attached hydrogen (secondary N) is 2. The van der Waals surface area contributed by atoms with Crippen LogP contribution in [0.1, 0.15) is 139 Å². The zero-order valence-electron chi connectivity index (χ0n) is 33.3. The summed E-state index contributed by atoms with van der Waals surface area (Å²) in [4.78, 5) is 54.3. The molecule has 4 aliphatic carbocycles. The number of nitrogens with zero attached hydrogens (tertiary/aromatic N) is 2. The first-order valence-corrected chi connectivity index (χ1v) is 20.5. The van der Waals surface area contributed by atoms with Gasteiger partial charge in [0.25, 0.3) is 0 Å². The second-order valence-corrected chi connectivity index (χ2v) is 19.9. The van der Waals surface area contributed by atoms with E-state index < -0.39 is 0 Å². The first kappa shape index (κ1) is 37.2. The molecule has 3 fully saturated rings. The van der Waals surface area contributed by atoms with Crippen molar-refractivity contribution in [1.29, 1.82) is 0 Å². The topological polar surface area (TPSA) is 98.8 Å². The number of piperidine rings is 1. The molecule has 7 atom stereocenters. The lowest BCUT2D eigenvalue weighted by atomic mass is 9.60. The van der Waals surface area contributed by atoms with E-state index in [4.69, 9.17) is 0 Å². The van der Waals surface area contributed by atoms with Crippen LogP contribution in [0.2, 0.25) is 0 Å². The Morgan fingerprint density at radius 2 is 1.27 bits per heavy atom. The van der Waals surface area contributed by atoms with E-state index in [9.17, 15) is 19.2 Å². The molecule has 4 aliphatic heterocycles. The Balaban J connectivity index is 0.000000162. The largest absolute Gasteiger partial charge is 0.351 e. The van der Waals surface area contributed by atoms with Gasteiger partial charge in [-0.25, -0.2) is 0 Å². The monoisotopic (exact) mass is 712 g/mol. The average molecular weight is 713 g/mol. The van der Waals surface area contributed by atoms with E-state index in [1.807, 2.05) is 12.2 Å². The number of hydrogen-bond donors (Lipinski definition) is 2. The molecule has 0 aromatic heterocycles. The highest BCUT2D eigenvalue weighted by Crippen LogP contribution is 2.61. The van der Waals surface area contributed by atoms with Crippen molar-refractivity contribution in [2.45, 2.75) is 150 Å². The van der Waals surface area contributed by atoms with Gasteiger partial charge in [-0.3, -0.25) is 19.2 Å². The molecular formula is C44H64N4O4. The molecule has 1 unspecified atom stereocenters. The maximum absolute atomic E-state index is 13.0. The normalized spacial score (nSPS) is 35.3. The molecule has 52 heavy (non-hydrogen) atoms. The lowest BCUT2D eigenvalue weighted by Gasteiger charge is -2.50. The molecule has 0 aromatic rings. The predicted molar refractivity (Wildman–Crippen MR) is 204 cm³/mol. The molecule has 8 aliphatic rings. The van der Waals surface area contributed by atoms with E-state index in [0.717, 1.165) is 83.7 Å². The number of rotatable bonds is 2. The summed E-state index contributed by atoms with van der Waals surface area (Å²) < 4.78 is 0. The quantitative estimate of drug-likeness (QED) is 0.304. The summed E-state index contributed by atoms with van der Waals surface area (Å²) in [7, 11) is 0. The number of fused-ring (bicyclic) bond motifs is 9. The number of carbonyl (C=O) groups excluding carboxylic acids is 4. The number of allylic oxidation sites excluding steroid dienone is 8. The molecule has 284 valence electrons. The van der Waals surface area contributed by atoms with E-state index >= 15 is 0 Å². The third-order valence-corrected chi connectivity index (χ3v) is 14.2. The molecule has 0 aromatic carbocycles. The van der Waals surface area contributed by atoms with Crippen LogP contribution >= 0.6 is 0 Å². The minimum Gasteiger partial charge on any atom is -0.351 e. The van der Waals surface area contributed by atoms with Crippen molar-refractivity contribution in [3.05, 3.63) is 46.6 Å². The number of ketones is 2. The molecule has 0 bridgehead atoms.